The van der Waals surface area contributed by atoms with Crippen LogP contribution in [0, 0.1) is 0 Å². The van der Waals surface area contributed by atoms with E-state index in [9.17, 15) is 22.0 Å². The molecule has 1 amide bonds. The smallest absolute Gasteiger partial charge is 0.341 e. The second kappa shape index (κ2) is 6.82. The topological polar surface area (TPSA) is 57.7 Å². The number of amides is 1. The van der Waals surface area contributed by atoms with Crippen LogP contribution in [0.5, 0.6) is 0 Å². The van der Waals surface area contributed by atoms with Crippen LogP contribution in [0.25, 0.3) is 0 Å². The number of carbonyl (C=O) groups is 1. The van der Waals surface area contributed by atoms with E-state index in [1.807, 2.05) is 0 Å². The van der Waals surface area contributed by atoms with Crippen molar-refractivity contribution in [2.75, 3.05) is 25.0 Å². The zero-order chi connectivity index (χ0) is 17.2. The van der Waals surface area contributed by atoms with Crippen molar-refractivity contribution >= 4 is 21.4 Å². The van der Waals surface area contributed by atoms with E-state index in [1.165, 1.54) is 19.1 Å². The van der Waals surface area contributed by atoms with Gasteiger partial charge in [0, 0.05) is 38.8 Å². The largest absolute Gasteiger partial charge is 0.371 e. The summed E-state index contributed by atoms with van der Waals surface area (Å²) in [6.07, 6.45) is 1.63. The molecule has 0 aliphatic carbocycles. The number of rotatable bonds is 4. The molecule has 1 aliphatic heterocycles. The number of hydrogen-bond acceptors (Lipinski definition) is 4. The molecule has 0 N–H and O–H groups in total. The fourth-order valence-corrected chi connectivity index (χ4v) is 3.44. The van der Waals surface area contributed by atoms with Gasteiger partial charge in [-0.3, -0.25) is 4.79 Å². The zero-order valence-electron chi connectivity index (χ0n) is 13.1. The molecule has 1 saturated heterocycles. The highest BCUT2D eigenvalue weighted by Gasteiger charge is 2.27. The van der Waals surface area contributed by atoms with E-state index in [1.54, 1.807) is 24.1 Å². The van der Waals surface area contributed by atoms with E-state index >= 15 is 0 Å². The number of hydrogen-bond donors (Lipinski definition) is 0. The van der Waals surface area contributed by atoms with Crippen LogP contribution < -0.4 is 4.90 Å². The fourth-order valence-electron chi connectivity index (χ4n) is 2.72. The first-order chi connectivity index (χ1) is 10.7. The normalized spacial score (nSPS) is 16.7. The molecule has 1 aliphatic rings. The highest BCUT2D eigenvalue weighted by molar-refractivity contribution is 7.91. The molecule has 0 bridgehead atoms. The number of sulfone groups is 1. The molecule has 1 heterocycles. The molecule has 8 heteroatoms. The lowest BCUT2D eigenvalue weighted by Crippen LogP contribution is -2.45. The molecule has 1 aromatic carbocycles. The summed E-state index contributed by atoms with van der Waals surface area (Å²) in [6.45, 7) is 2.99. The maximum absolute atomic E-state index is 12.5. The number of benzene rings is 1. The second-order valence-electron chi connectivity index (χ2n) is 5.65. The molecule has 0 saturated carbocycles. The third kappa shape index (κ3) is 3.80. The summed E-state index contributed by atoms with van der Waals surface area (Å²) >= 11 is 0. The van der Waals surface area contributed by atoms with Gasteiger partial charge in [0.05, 0.1) is 4.90 Å². The highest BCUT2D eigenvalue weighted by Crippen LogP contribution is 2.25. The van der Waals surface area contributed by atoms with Gasteiger partial charge in [0.15, 0.2) is 0 Å². The Labute approximate surface area is 134 Å². The summed E-state index contributed by atoms with van der Waals surface area (Å²) in [5, 5.41) is 0. The molecule has 2 rings (SSSR count). The van der Waals surface area contributed by atoms with Gasteiger partial charge in [0.1, 0.15) is 0 Å². The van der Waals surface area contributed by atoms with Crippen LogP contribution in [0.2, 0.25) is 0 Å². The molecule has 0 spiro atoms. The Morgan fingerprint density at radius 2 is 1.74 bits per heavy atom. The minimum atomic E-state index is -4.55. The molecule has 23 heavy (non-hydrogen) atoms. The van der Waals surface area contributed by atoms with Crippen LogP contribution in [0.4, 0.5) is 14.5 Å². The predicted molar refractivity (Wildman–Crippen MR) is 83.3 cm³/mol. The van der Waals surface area contributed by atoms with Crippen LogP contribution in [0.3, 0.4) is 0 Å². The zero-order valence-corrected chi connectivity index (χ0v) is 13.9. The molecule has 5 nitrogen and oxygen atoms in total. The summed E-state index contributed by atoms with van der Waals surface area (Å²) in [5.74, 6) is -3.38. The molecular formula is C15H20F2N2O3S. The number of halogens is 2. The molecule has 0 radical (unpaired) electrons. The molecule has 1 fully saturated rings. The van der Waals surface area contributed by atoms with Crippen molar-refractivity contribution in [3.8, 4) is 0 Å². The van der Waals surface area contributed by atoms with E-state index in [0.29, 0.717) is 0 Å². The second-order valence-corrected chi connectivity index (χ2v) is 7.57. The number of nitrogens with zero attached hydrogens (tertiary/aromatic N) is 2. The molecule has 0 aromatic heterocycles. The summed E-state index contributed by atoms with van der Waals surface area (Å²) in [5.41, 5.74) is 0.794. The maximum atomic E-state index is 12.5. The maximum Gasteiger partial charge on any atom is 0.341 e. The summed E-state index contributed by atoms with van der Waals surface area (Å²) in [7, 11) is -2.77. The molecular weight excluding hydrogens is 326 g/mol. The molecule has 0 unspecified atom stereocenters. The predicted octanol–water partition coefficient (Wildman–Crippen LogP) is 2.13. The van der Waals surface area contributed by atoms with E-state index in [0.717, 1.165) is 31.6 Å². The van der Waals surface area contributed by atoms with E-state index < -0.39 is 15.6 Å². The Hall–Kier alpha value is -1.70. The van der Waals surface area contributed by atoms with Crippen molar-refractivity contribution in [2.24, 2.45) is 0 Å². The van der Waals surface area contributed by atoms with Crippen LogP contribution in [-0.4, -0.2) is 51.2 Å². The summed E-state index contributed by atoms with van der Waals surface area (Å²) < 4.78 is 47.8. The average Bonchev–Trinajstić information content (AvgIpc) is 2.54. The van der Waals surface area contributed by atoms with Gasteiger partial charge < -0.3 is 9.80 Å². The standard InChI is InChI=1S/C15H20F2N2O3S/c1-11(20)18(2)12-7-9-19(10-8-12)13-3-5-14(6-4-13)23(21,22)15(16)17/h3-6,12,15H,7-10H2,1-2H3. The van der Waals surface area contributed by atoms with Gasteiger partial charge in [-0.1, -0.05) is 0 Å². The van der Waals surface area contributed by atoms with Gasteiger partial charge in [-0.25, -0.2) is 8.42 Å². The van der Waals surface area contributed by atoms with Gasteiger partial charge in [-0.15, -0.1) is 0 Å². The first-order valence-electron chi connectivity index (χ1n) is 7.34. The third-order valence-corrected chi connectivity index (χ3v) is 5.67. The Bertz CT molecular complexity index is 654. The number of piperidine rings is 1. The van der Waals surface area contributed by atoms with Gasteiger partial charge in [-0.05, 0) is 37.1 Å². The monoisotopic (exact) mass is 346 g/mol. The lowest BCUT2D eigenvalue weighted by atomic mass is 10.0. The van der Waals surface area contributed by atoms with Gasteiger partial charge >= 0.3 is 5.76 Å². The lowest BCUT2D eigenvalue weighted by Gasteiger charge is -2.37. The quantitative estimate of drug-likeness (QED) is 0.838. The Morgan fingerprint density at radius 3 is 2.17 bits per heavy atom. The van der Waals surface area contributed by atoms with E-state index in [2.05, 4.69) is 4.90 Å². The van der Waals surface area contributed by atoms with Crippen molar-refractivity contribution in [3.05, 3.63) is 24.3 Å². The number of anilines is 1. The van der Waals surface area contributed by atoms with Crippen LogP contribution in [-0.2, 0) is 14.6 Å². The van der Waals surface area contributed by atoms with Crippen LogP contribution in [0.1, 0.15) is 19.8 Å². The Kier molecular flexibility index (Phi) is 5.23. The third-order valence-electron chi connectivity index (χ3n) is 4.27. The summed E-state index contributed by atoms with van der Waals surface area (Å²) in [6, 6.07) is 5.71. The highest BCUT2D eigenvalue weighted by atomic mass is 32.2. The summed E-state index contributed by atoms with van der Waals surface area (Å²) in [4.78, 5) is 14.8. The molecule has 1 aromatic rings. The molecule has 128 valence electrons. The minimum Gasteiger partial charge on any atom is -0.371 e. The van der Waals surface area contributed by atoms with Gasteiger partial charge in [0.2, 0.25) is 15.7 Å². The van der Waals surface area contributed by atoms with E-state index in [-0.39, 0.29) is 16.8 Å². The van der Waals surface area contributed by atoms with Crippen molar-refractivity contribution in [2.45, 2.75) is 36.5 Å². The number of alkyl halides is 2. The van der Waals surface area contributed by atoms with Crippen molar-refractivity contribution in [3.63, 3.8) is 0 Å². The average molecular weight is 346 g/mol. The van der Waals surface area contributed by atoms with Gasteiger partial charge in [0.25, 0.3) is 0 Å². The van der Waals surface area contributed by atoms with Crippen molar-refractivity contribution < 1.29 is 22.0 Å². The van der Waals surface area contributed by atoms with Crippen LogP contribution >= 0.6 is 0 Å². The number of carbonyl (C=O) groups excluding carboxylic acids is 1. The van der Waals surface area contributed by atoms with Gasteiger partial charge in [-0.2, -0.15) is 8.78 Å². The van der Waals surface area contributed by atoms with Crippen LogP contribution in [0.15, 0.2) is 29.2 Å². The van der Waals surface area contributed by atoms with Crippen molar-refractivity contribution in [1.82, 2.24) is 4.90 Å². The first kappa shape index (κ1) is 17.7. The SMILES string of the molecule is CC(=O)N(C)C1CCN(c2ccc(S(=O)(=O)C(F)F)cc2)CC1. The Balaban J connectivity index is 2.04. The van der Waals surface area contributed by atoms with E-state index in [4.69, 9.17) is 0 Å². The fraction of sp³-hybridized carbons (Fsp3) is 0.533. The first-order valence-corrected chi connectivity index (χ1v) is 8.88. The van der Waals surface area contributed by atoms with Crippen molar-refractivity contribution in [1.29, 1.82) is 0 Å². The molecule has 0 atom stereocenters. The Morgan fingerprint density at radius 1 is 1.22 bits per heavy atom. The minimum absolute atomic E-state index is 0.0324. The lowest BCUT2D eigenvalue weighted by molar-refractivity contribution is -0.129.